The predicted octanol–water partition coefficient (Wildman–Crippen LogP) is 3.44. The Balaban J connectivity index is 1.54. The third-order valence-electron chi connectivity index (χ3n) is 4.26. The average molecular weight is 360 g/mol. The van der Waals surface area contributed by atoms with E-state index in [0.717, 1.165) is 18.5 Å². The van der Waals surface area contributed by atoms with Gasteiger partial charge in [0.15, 0.2) is 5.82 Å². The molecule has 0 aliphatic carbocycles. The number of carbonyl (C=O) groups excluding carboxylic acids is 1. The lowest BCUT2D eigenvalue weighted by Gasteiger charge is -2.35. The fraction of sp³-hybridized carbons (Fsp3) is 0.389. The van der Waals surface area contributed by atoms with Gasteiger partial charge in [-0.25, -0.2) is 4.79 Å². The first-order valence-corrected chi connectivity index (χ1v) is 8.92. The molecule has 1 fully saturated rings. The van der Waals surface area contributed by atoms with Crippen molar-refractivity contribution in [2.24, 2.45) is 0 Å². The van der Waals surface area contributed by atoms with Gasteiger partial charge in [0.05, 0.1) is 11.2 Å². The normalized spacial score (nSPS) is 14.5. The van der Waals surface area contributed by atoms with Gasteiger partial charge in [-0.05, 0) is 30.2 Å². The summed E-state index contributed by atoms with van der Waals surface area (Å²) in [6.07, 6.45) is 3.74. The zero-order valence-corrected chi connectivity index (χ0v) is 15.0. The molecule has 1 saturated heterocycles. The SMILES string of the molecule is CCCc1ccc(NC(=O)N2CCN(c3nnccc3Cl)CC2)cc1. The molecule has 0 bridgehead atoms. The molecule has 1 N–H and O–H groups in total. The van der Waals surface area contributed by atoms with Crippen LogP contribution in [-0.2, 0) is 6.42 Å². The molecular formula is C18H22ClN5O. The summed E-state index contributed by atoms with van der Waals surface area (Å²) in [4.78, 5) is 16.3. The highest BCUT2D eigenvalue weighted by Gasteiger charge is 2.23. The molecule has 0 saturated carbocycles. The van der Waals surface area contributed by atoms with Gasteiger partial charge in [0, 0.05) is 31.9 Å². The quantitative estimate of drug-likeness (QED) is 0.908. The Hall–Kier alpha value is -2.34. The molecular weight excluding hydrogens is 338 g/mol. The van der Waals surface area contributed by atoms with E-state index in [0.29, 0.717) is 37.0 Å². The summed E-state index contributed by atoms with van der Waals surface area (Å²) in [5, 5.41) is 11.5. The number of benzene rings is 1. The summed E-state index contributed by atoms with van der Waals surface area (Å²) in [5.41, 5.74) is 2.11. The highest BCUT2D eigenvalue weighted by Crippen LogP contribution is 2.22. The number of hydrogen-bond donors (Lipinski definition) is 1. The van der Waals surface area contributed by atoms with Crippen LogP contribution in [0.25, 0.3) is 0 Å². The largest absolute Gasteiger partial charge is 0.350 e. The van der Waals surface area contributed by atoms with E-state index in [1.807, 2.05) is 12.1 Å². The Morgan fingerprint density at radius 2 is 1.88 bits per heavy atom. The molecule has 0 spiro atoms. The van der Waals surface area contributed by atoms with Crippen LogP contribution in [0.3, 0.4) is 0 Å². The van der Waals surface area contributed by atoms with Gasteiger partial charge in [-0.3, -0.25) is 0 Å². The highest BCUT2D eigenvalue weighted by atomic mass is 35.5. The second-order valence-corrected chi connectivity index (χ2v) is 6.46. The van der Waals surface area contributed by atoms with Crippen LogP contribution in [-0.4, -0.2) is 47.3 Å². The predicted molar refractivity (Wildman–Crippen MR) is 100 cm³/mol. The van der Waals surface area contributed by atoms with Crippen molar-refractivity contribution in [3.63, 3.8) is 0 Å². The van der Waals surface area contributed by atoms with E-state index in [2.05, 4.69) is 39.5 Å². The van der Waals surface area contributed by atoms with Crippen LogP contribution in [0.15, 0.2) is 36.5 Å². The number of piperazine rings is 1. The Bertz CT molecular complexity index is 714. The smallest absolute Gasteiger partial charge is 0.321 e. The molecule has 25 heavy (non-hydrogen) atoms. The number of rotatable bonds is 4. The lowest BCUT2D eigenvalue weighted by Crippen LogP contribution is -2.50. The van der Waals surface area contributed by atoms with E-state index in [-0.39, 0.29) is 6.03 Å². The van der Waals surface area contributed by atoms with Crippen LogP contribution < -0.4 is 10.2 Å². The molecule has 132 valence electrons. The van der Waals surface area contributed by atoms with Crippen LogP contribution in [0.2, 0.25) is 5.02 Å². The number of anilines is 2. The van der Waals surface area contributed by atoms with Gasteiger partial charge < -0.3 is 15.1 Å². The highest BCUT2D eigenvalue weighted by molar-refractivity contribution is 6.32. The molecule has 2 aromatic rings. The second kappa shape index (κ2) is 8.16. The second-order valence-electron chi connectivity index (χ2n) is 6.05. The number of urea groups is 1. The van der Waals surface area contributed by atoms with E-state index >= 15 is 0 Å². The lowest BCUT2D eigenvalue weighted by atomic mass is 10.1. The first-order valence-electron chi connectivity index (χ1n) is 8.54. The summed E-state index contributed by atoms with van der Waals surface area (Å²) >= 11 is 6.16. The van der Waals surface area contributed by atoms with Gasteiger partial charge in [-0.2, -0.15) is 5.10 Å². The van der Waals surface area contributed by atoms with E-state index in [4.69, 9.17) is 11.6 Å². The zero-order valence-electron chi connectivity index (χ0n) is 14.3. The topological polar surface area (TPSA) is 61.4 Å². The van der Waals surface area contributed by atoms with Gasteiger partial charge in [-0.1, -0.05) is 37.1 Å². The molecule has 1 aliphatic rings. The maximum atomic E-state index is 12.4. The first kappa shape index (κ1) is 17.5. The fourth-order valence-electron chi connectivity index (χ4n) is 2.89. The zero-order chi connectivity index (χ0) is 17.6. The number of aromatic nitrogens is 2. The molecule has 0 unspecified atom stereocenters. The van der Waals surface area contributed by atoms with Crippen molar-refractivity contribution < 1.29 is 4.79 Å². The Morgan fingerprint density at radius 1 is 1.16 bits per heavy atom. The number of nitrogens with one attached hydrogen (secondary N) is 1. The fourth-order valence-corrected chi connectivity index (χ4v) is 3.10. The van der Waals surface area contributed by atoms with Gasteiger partial charge in [0.2, 0.25) is 0 Å². The molecule has 1 aromatic heterocycles. The van der Waals surface area contributed by atoms with Gasteiger partial charge in [0.1, 0.15) is 0 Å². The van der Waals surface area contributed by atoms with Gasteiger partial charge in [-0.15, -0.1) is 5.10 Å². The minimum absolute atomic E-state index is 0.0758. The maximum absolute atomic E-state index is 12.4. The number of halogens is 1. The number of hydrogen-bond acceptors (Lipinski definition) is 4. The van der Waals surface area contributed by atoms with Crippen molar-refractivity contribution in [2.45, 2.75) is 19.8 Å². The van der Waals surface area contributed by atoms with Crippen molar-refractivity contribution in [3.8, 4) is 0 Å². The molecule has 6 nitrogen and oxygen atoms in total. The summed E-state index contributed by atoms with van der Waals surface area (Å²) in [6, 6.07) is 9.69. The van der Waals surface area contributed by atoms with Crippen molar-refractivity contribution in [1.29, 1.82) is 0 Å². The van der Waals surface area contributed by atoms with E-state index in [1.165, 1.54) is 5.56 Å². The van der Waals surface area contributed by atoms with E-state index < -0.39 is 0 Å². The van der Waals surface area contributed by atoms with Crippen molar-refractivity contribution >= 4 is 29.1 Å². The third kappa shape index (κ3) is 4.39. The summed E-state index contributed by atoms with van der Waals surface area (Å²) in [7, 11) is 0. The van der Waals surface area contributed by atoms with Crippen LogP contribution in [0.1, 0.15) is 18.9 Å². The molecule has 2 amide bonds. The molecule has 7 heteroatoms. The molecule has 0 radical (unpaired) electrons. The summed E-state index contributed by atoms with van der Waals surface area (Å²) in [6.45, 7) is 4.76. The molecule has 3 rings (SSSR count). The summed E-state index contributed by atoms with van der Waals surface area (Å²) in [5.74, 6) is 0.677. The number of aryl methyl sites for hydroxylation is 1. The molecule has 1 aliphatic heterocycles. The van der Waals surface area contributed by atoms with Crippen molar-refractivity contribution in [2.75, 3.05) is 36.4 Å². The minimum atomic E-state index is -0.0758. The monoisotopic (exact) mass is 359 g/mol. The standard InChI is InChI=1S/C18H22ClN5O/c1-2-3-14-4-6-15(7-5-14)21-18(25)24-12-10-23(11-13-24)17-16(19)8-9-20-22-17/h4-9H,2-3,10-13H2,1H3,(H,21,25). The molecule has 2 heterocycles. The average Bonchev–Trinajstić information content (AvgIpc) is 2.64. The van der Waals surface area contributed by atoms with Crippen LogP contribution in [0, 0.1) is 0 Å². The van der Waals surface area contributed by atoms with Crippen LogP contribution in [0.4, 0.5) is 16.3 Å². The van der Waals surface area contributed by atoms with Crippen LogP contribution >= 0.6 is 11.6 Å². The first-order chi connectivity index (χ1) is 12.2. The lowest BCUT2D eigenvalue weighted by molar-refractivity contribution is 0.208. The van der Waals surface area contributed by atoms with Gasteiger partial charge >= 0.3 is 6.03 Å². The van der Waals surface area contributed by atoms with E-state index in [1.54, 1.807) is 17.2 Å². The Morgan fingerprint density at radius 3 is 2.52 bits per heavy atom. The Labute approximate surface area is 152 Å². The number of carbonyl (C=O) groups is 1. The Kier molecular flexibility index (Phi) is 5.71. The van der Waals surface area contributed by atoms with Crippen molar-refractivity contribution in [1.82, 2.24) is 15.1 Å². The molecule has 0 atom stereocenters. The number of nitrogens with zero attached hydrogens (tertiary/aromatic N) is 4. The number of amides is 2. The summed E-state index contributed by atoms with van der Waals surface area (Å²) < 4.78 is 0. The van der Waals surface area contributed by atoms with Crippen LogP contribution in [0.5, 0.6) is 0 Å². The minimum Gasteiger partial charge on any atom is -0.350 e. The molecule has 1 aromatic carbocycles. The third-order valence-corrected chi connectivity index (χ3v) is 4.56. The van der Waals surface area contributed by atoms with Crippen molar-refractivity contribution in [3.05, 3.63) is 47.1 Å². The van der Waals surface area contributed by atoms with Gasteiger partial charge in [0.25, 0.3) is 0 Å². The van der Waals surface area contributed by atoms with E-state index in [9.17, 15) is 4.79 Å². The maximum Gasteiger partial charge on any atom is 0.321 e.